The molecule has 1 saturated heterocycles. The van der Waals surface area contributed by atoms with Crippen molar-refractivity contribution in [3.05, 3.63) is 58.4 Å². The van der Waals surface area contributed by atoms with Crippen molar-refractivity contribution in [2.75, 3.05) is 24.6 Å². The van der Waals surface area contributed by atoms with E-state index in [4.69, 9.17) is 4.74 Å². The fourth-order valence-electron chi connectivity index (χ4n) is 3.15. The molecule has 26 heavy (non-hydrogen) atoms. The largest absolute Gasteiger partial charge is 0.416 e. The van der Waals surface area contributed by atoms with Crippen molar-refractivity contribution in [2.45, 2.75) is 26.1 Å². The van der Waals surface area contributed by atoms with Gasteiger partial charge in [0.05, 0.1) is 29.1 Å². The Morgan fingerprint density at radius 2 is 1.92 bits per heavy atom. The van der Waals surface area contributed by atoms with Crippen LogP contribution in [-0.4, -0.2) is 24.7 Å². The second-order valence-electron chi connectivity index (χ2n) is 6.28. The van der Waals surface area contributed by atoms with E-state index in [1.54, 1.807) is 6.92 Å². The van der Waals surface area contributed by atoms with Crippen LogP contribution in [0.5, 0.6) is 0 Å². The summed E-state index contributed by atoms with van der Waals surface area (Å²) in [5.41, 5.74) is 2.79. The topological polar surface area (TPSA) is 49.1 Å². The van der Waals surface area contributed by atoms with Gasteiger partial charge in [0, 0.05) is 18.8 Å². The van der Waals surface area contributed by atoms with E-state index in [-0.39, 0.29) is 6.10 Å². The first-order valence-electron chi connectivity index (χ1n) is 8.21. The number of anilines is 1. The summed E-state index contributed by atoms with van der Waals surface area (Å²) in [6, 6.07) is 9.10. The molecule has 0 bridgehead atoms. The van der Waals surface area contributed by atoms with Gasteiger partial charge in [-0.1, -0.05) is 12.1 Å². The summed E-state index contributed by atoms with van der Waals surface area (Å²) in [5, 5.41) is 9.46. The first kappa shape index (κ1) is 18.2. The number of nitrogens with zero attached hydrogens (tertiary/aromatic N) is 3. The van der Waals surface area contributed by atoms with E-state index in [1.807, 2.05) is 17.9 Å². The number of halogens is 3. The van der Waals surface area contributed by atoms with E-state index in [2.05, 4.69) is 11.1 Å². The molecule has 1 aromatic heterocycles. The van der Waals surface area contributed by atoms with Crippen LogP contribution in [0.1, 0.15) is 34.2 Å². The predicted molar refractivity (Wildman–Crippen MR) is 90.8 cm³/mol. The van der Waals surface area contributed by atoms with E-state index in [9.17, 15) is 18.4 Å². The molecule has 4 nitrogen and oxygen atoms in total. The van der Waals surface area contributed by atoms with Gasteiger partial charge < -0.3 is 9.64 Å². The highest BCUT2D eigenvalue weighted by molar-refractivity contribution is 5.62. The highest BCUT2D eigenvalue weighted by atomic mass is 19.4. The van der Waals surface area contributed by atoms with Crippen LogP contribution in [0.25, 0.3) is 0 Å². The zero-order chi connectivity index (χ0) is 18.9. The molecule has 1 aliphatic rings. The number of ether oxygens (including phenoxy) is 1. The van der Waals surface area contributed by atoms with Crippen molar-refractivity contribution in [2.24, 2.45) is 0 Å². The monoisotopic (exact) mass is 361 g/mol. The molecule has 2 heterocycles. The van der Waals surface area contributed by atoms with E-state index in [0.717, 1.165) is 23.5 Å². The summed E-state index contributed by atoms with van der Waals surface area (Å²) in [6.07, 6.45) is -4.71. The maximum atomic E-state index is 12.7. The zero-order valence-electron chi connectivity index (χ0n) is 14.5. The van der Waals surface area contributed by atoms with Gasteiger partial charge in [-0.2, -0.15) is 18.4 Å². The van der Waals surface area contributed by atoms with Crippen LogP contribution in [0, 0.1) is 25.2 Å². The van der Waals surface area contributed by atoms with Crippen molar-refractivity contribution >= 4 is 5.69 Å². The number of benzene rings is 1. The molecule has 0 saturated carbocycles. The van der Waals surface area contributed by atoms with Crippen molar-refractivity contribution in [1.29, 1.82) is 5.26 Å². The van der Waals surface area contributed by atoms with Crippen LogP contribution in [0.3, 0.4) is 0 Å². The molecule has 0 radical (unpaired) electrons. The number of hydrogen-bond donors (Lipinski definition) is 0. The Bertz CT molecular complexity index is 841. The molecule has 0 aliphatic carbocycles. The van der Waals surface area contributed by atoms with E-state index < -0.39 is 11.7 Å². The number of nitriles is 1. The number of pyridine rings is 1. The molecule has 1 unspecified atom stereocenters. The minimum Gasteiger partial charge on any atom is -0.370 e. The lowest BCUT2D eigenvalue weighted by Gasteiger charge is -2.35. The molecular formula is C19H18F3N3O. The van der Waals surface area contributed by atoms with Gasteiger partial charge >= 0.3 is 6.18 Å². The maximum absolute atomic E-state index is 12.7. The van der Waals surface area contributed by atoms with Gasteiger partial charge in [-0.05, 0) is 37.6 Å². The van der Waals surface area contributed by atoms with Gasteiger partial charge in [-0.25, -0.2) is 0 Å². The fraction of sp³-hybridized carbons (Fsp3) is 0.368. The molecule has 1 atom stereocenters. The molecule has 3 rings (SSSR count). The summed E-state index contributed by atoms with van der Waals surface area (Å²) < 4.78 is 43.9. The Hall–Kier alpha value is -2.59. The Morgan fingerprint density at radius 3 is 2.54 bits per heavy atom. The van der Waals surface area contributed by atoms with Crippen molar-refractivity contribution in [1.82, 2.24) is 4.98 Å². The fourth-order valence-corrected chi connectivity index (χ4v) is 3.15. The molecule has 1 fully saturated rings. The maximum Gasteiger partial charge on any atom is 0.416 e. The van der Waals surface area contributed by atoms with E-state index >= 15 is 0 Å². The second kappa shape index (κ2) is 6.96. The molecular weight excluding hydrogens is 343 g/mol. The number of rotatable bonds is 2. The third-order valence-electron chi connectivity index (χ3n) is 4.44. The summed E-state index contributed by atoms with van der Waals surface area (Å²) in [4.78, 5) is 6.36. The molecule has 2 aromatic rings. The predicted octanol–water partition coefficient (Wildman–Crippen LogP) is 4.17. The van der Waals surface area contributed by atoms with Crippen LogP contribution in [0.15, 0.2) is 30.3 Å². The number of aromatic nitrogens is 1. The van der Waals surface area contributed by atoms with Gasteiger partial charge in [0.15, 0.2) is 0 Å². The lowest BCUT2D eigenvalue weighted by atomic mass is 10.0. The van der Waals surface area contributed by atoms with Crippen molar-refractivity contribution < 1.29 is 17.9 Å². The molecule has 0 N–H and O–H groups in total. The lowest BCUT2D eigenvalue weighted by molar-refractivity contribution is -0.137. The Balaban J connectivity index is 1.86. The molecule has 1 aromatic carbocycles. The summed E-state index contributed by atoms with van der Waals surface area (Å²) in [6.45, 7) is 5.16. The first-order chi connectivity index (χ1) is 12.3. The second-order valence-corrected chi connectivity index (χ2v) is 6.28. The SMILES string of the molecule is Cc1cc(N2CCOC(c3ccc(C(F)(F)F)cc3)C2)c(C#N)c(C)n1. The van der Waals surface area contributed by atoms with Crippen LogP contribution in [-0.2, 0) is 10.9 Å². The van der Waals surface area contributed by atoms with Gasteiger partial charge in [0.25, 0.3) is 0 Å². The van der Waals surface area contributed by atoms with E-state index in [0.29, 0.717) is 36.5 Å². The summed E-state index contributed by atoms with van der Waals surface area (Å²) >= 11 is 0. The molecule has 0 spiro atoms. The third kappa shape index (κ3) is 3.65. The third-order valence-corrected chi connectivity index (χ3v) is 4.44. The Morgan fingerprint density at radius 1 is 1.23 bits per heavy atom. The number of morpholine rings is 1. The molecule has 1 aliphatic heterocycles. The van der Waals surface area contributed by atoms with Crippen LogP contribution < -0.4 is 4.90 Å². The normalized spacial score (nSPS) is 17.8. The van der Waals surface area contributed by atoms with Crippen molar-refractivity contribution in [3.8, 4) is 6.07 Å². The highest BCUT2D eigenvalue weighted by Gasteiger charge is 2.31. The average Bonchev–Trinajstić information content (AvgIpc) is 2.60. The van der Waals surface area contributed by atoms with Crippen LogP contribution >= 0.6 is 0 Å². The van der Waals surface area contributed by atoms with Crippen LogP contribution in [0.2, 0.25) is 0 Å². The van der Waals surface area contributed by atoms with Gasteiger partial charge in [0.1, 0.15) is 12.2 Å². The van der Waals surface area contributed by atoms with E-state index in [1.165, 1.54) is 12.1 Å². The average molecular weight is 361 g/mol. The Labute approximate surface area is 149 Å². The summed E-state index contributed by atoms with van der Waals surface area (Å²) in [7, 11) is 0. The molecule has 136 valence electrons. The van der Waals surface area contributed by atoms with Gasteiger partial charge in [-0.3, -0.25) is 4.98 Å². The quantitative estimate of drug-likeness (QED) is 0.806. The minimum absolute atomic E-state index is 0.355. The first-order valence-corrected chi connectivity index (χ1v) is 8.21. The highest BCUT2D eigenvalue weighted by Crippen LogP contribution is 2.32. The lowest BCUT2D eigenvalue weighted by Crippen LogP contribution is -2.39. The Kier molecular flexibility index (Phi) is 4.88. The number of alkyl halides is 3. The summed E-state index contributed by atoms with van der Waals surface area (Å²) in [5.74, 6) is 0. The minimum atomic E-state index is -4.36. The van der Waals surface area contributed by atoms with Gasteiger partial charge in [-0.15, -0.1) is 0 Å². The smallest absolute Gasteiger partial charge is 0.370 e. The zero-order valence-corrected chi connectivity index (χ0v) is 14.5. The number of hydrogen-bond acceptors (Lipinski definition) is 4. The molecule has 0 amide bonds. The van der Waals surface area contributed by atoms with Crippen molar-refractivity contribution in [3.63, 3.8) is 0 Å². The van der Waals surface area contributed by atoms with Crippen LogP contribution in [0.4, 0.5) is 18.9 Å². The standard InChI is InChI=1S/C19H18F3N3O/c1-12-9-17(16(10-23)13(2)24-12)25-7-8-26-18(11-25)14-3-5-15(6-4-14)19(20,21)22/h3-6,9,18H,7-8,11H2,1-2H3. The molecule has 7 heteroatoms. The number of aryl methyl sites for hydroxylation is 2. The van der Waals surface area contributed by atoms with Gasteiger partial charge in [0.2, 0.25) is 0 Å².